The largest absolute Gasteiger partial charge is 0.280 e. The summed E-state index contributed by atoms with van der Waals surface area (Å²) in [6.07, 6.45) is -1.45. The van der Waals surface area contributed by atoms with Gasteiger partial charge in [0, 0.05) is 20.9 Å². The van der Waals surface area contributed by atoms with E-state index in [-0.39, 0.29) is 11.6 Å². The zero-order chi connectivity index (χ0) is 16.1. The predicted molar refractivity (Wildman–Crippen MR) is 86.9 cm³/mol. The zero-order valence-electron chi connectivity index (χ0n) is 11.8. The fourth-order valence-electron chi connectivity index (χ4n) is 2.57. The lowest BCUT2D eigenvalue weighted by molar-refractivity contribution is -0.116. The SMILES string of the molecule is Cc1ccc(-c2cc(C(F)F)nc3c2C2=NC=NC(=O)C2S3)s1. The molecule has 4 heterocycles. The van der Waals surface area contributed by atoms with Gasteiger partial charge in [0.15, 0.2) is 0 Å². The Morgan fingerprint density at radius 2 is 2.13 bits per heavy atom. The molecule has 0 saturated carbocycles. The van der Waals surface area contributed by atoms with Gasteiger partial charge < -0.3 is 0 Å². The molecule has 0 aromatic carbocycles. The van der Waals surface area contributed by atoms with Crippen LogP contribution in [-0.4, -0.2) is 28.2 Å². The van der Waals surface area contributed by atoms with Crippen LogP contribution in [-0.2, 0) is 4.79 Å². The molecule has 2 aliphatic rings. The van der Waals surface area contributed by atoms with E-state index in [1.165, 1.54) is 23.7 Å². The number of hydrogen-bond donors (Lipinski definition) is 0. The van der Waals surface area contributed by atoms with Crippen molar-refractivity contribution in [1.82, 2.24) is 4.98 Å². The normalized spacial score (nSPS) is 19.0. The van der Waals surface area contributed by atoms with Gasteiger partial charge in [-0.1, -0.05) is 11.8 Å². The van der Waals surface area contributed by atoms with Crippen LogP contribution in [0.15, 0.2) is 33.2 Å². The lowest BCUT2D eigenvalue weighted by Crippen LogP contribution is -2.25. The van der Waals surface area contributed by atoms with Crippen molar-refractivity contribution in [2.75, 3.05) is 0 Å². The Kier molecular flexibility index (Phi) is 3.38. The van der Waals surface area contributed by atoms with Crippen LogP contribution in [0.3, 0.4) is 0 Å². The maximum absolute atomic E-state index is 13.2. The van der Waals surface area contributed by atoms with E-state index in [0.717, 1.165) is 21.5 Å². The Labute approximate surface area is 138 Å². The minimum Gasteiger partial charge on any atom is -0.271 e. The molecule has 1 amide bonds. The highest BCUT2D eigenvalue weighted by atomic mass is 32.2. The van der Waals surface area contributed by atoms with Crippen LogP contribution in [0.4, 0.5) is 8.78 Å². The molecule has 4 nitrogen and oxygen atoms in total. The molecular formula is C15H9F2N3OS2. The number of thiophene rings is 1. The monoisotopic (exact) mass is 349 g/mol. The lowest BCUT2D eigenvalue weighted by Gasteiger charge is -2.11. The van der Waals surface area contributed by atoms with Gasteiger partial charge in [-0.2, -0.15) is 0 Å². The predicted octanol–water partition coefficient (Wildman–Crippen LogP) is 3.89. The highest BCUT2D eigenvalue weighted by molar-refractivity contribution is 8.02. The zero-order valence-corrected chi connectivity index (χ0v) is 13.4. The van der Waals surface area contributed by atoms with Crippen molar-refractivity contribution in [2.24, 2.45) is 9.98 Å². The van der Waals surface area contributed by atoms with Crippen LogP contribution in [0.2, 0.25) is 0 Å². The molecule has 23 heavy (non-hydrogen) atoms. The first-order valence-electron chi connectivity index (χ1n) is 6.75. The Morgan fingerprint density at radius 1 is 1.30 bits per heavy atom. The smallest absolute Gasteiger partial charge is 0.271 e. The summed E-state index contributed by atoms with van der Waals surface area (Å²) >= 11 is 2.65. The fraction of sp³-hybridized carbons (Fsp3) is 0.200. The number of halogens is 2. The van der Waals surface area contributed by atoms with Gasteiger partial charge in [0.05, 0.1) is 5.71 Å². The van der Waals surface area contributed by atoms with Crippen molar-refractivity contribution >= 4 is 41.1 Å². The Balaban J connectivity index is 1.97. The first-order valence-corrected chi connectivity index (χ1v) is 8.45. The van der Waals surface area contributed by atoms with Gasteiger partial charge in [-0.15, -0.1) is 11.3 Å². The molecule has 0 radical (unpaired) electrons. The number of aryl methyl sites for hydroxylation is 1. The number of aromatic nitrogens is 1. The summed E-state index contributed by atoms with van der Waals surface area (Å²) in [5.41, 5.74) is 1.59. The highest BCUT2D eigenvalue weighted by Crippen LogP contribution is 2.45. The van der Waals surface area contributed by atoms with Crippen LogP contribution in [0.25, 0.3) is 10.4 Å². The lowest BCUT2D eigenvalue weighted by atomic mass is 10.0. The Hall–Kier alpha value is -1.93. The van der Waals surface area contributed by atoms with E-state index in [4.69, 9.17) is 0 Å². The topological polar surface area (TPSA) is 54.7 Å². The van der Waals surface area contributed by atoms with Crippen molar-refractivity contribution in [3.8, 4) is 10.4 Å². The number of aliphatic imine (C=N–C) groups is 2. The van der Waals surface area contributed by atoms with Crippen LogP contribution in [0, 0.1) is 6.92 Å². The molecule has 2 aliphatic heterocycles. The molecule has 0 saturated heterocycles. The molecule has 0 fully saturated rings. The molecule has 1 atom stereocenters. The van der Waals surface area contributed by atoms with Crippen LogP contribution < -0.4 is 0 Å². The third-order valence-electron chi connectivity index (χ3n) is 3.58. The van der Waals surface area contributed by atoms with E-state index in [9.17, 15) is 13.6 Å². The van der Waals surface area contributed by atoms with Crippen LogP contribution in [0.1, 0.15) is 22.6 Å². The summed E-state index contributed by atoms with van der Waals surface area (Å²) in [6, 6.07) is 5.22. The highest BCUT2D eigenvalue weighted by Gasteiger charge is 2.40. The van der Waals surface area contributed by atoms with Crippen LogP contribution in [0.5, 0.6) is 0 Å². The summed E-state index contributed by atoms with van der Waals surface area (Å²) < 4.78 is 26.4. The molecule has 0 spiro atoms. The molecule has 1 unspecified atom stereocenters. The third-order valence-corrected chi connectivity index (χ3v) is 5.79. The van der Waals surface area contributed by atoms with Gasteiger partial charge in [-0.05, 0) is 25.1 Å². The number of amides is 1. The number of nitrogens with zero attached hydrogens (tertiary/aromatic N) is 3. The average molecular weight is 349 g/mol. The molecule has 0 N–H and O–H groups in total. The van der Waals surface area contributed by atoms with Gasteiger partial charge in [-0.25, -0.2) is 23.7 Å². The number of pyridine rings is 1. The van der Waals surface area contributed by atoms with E-state index in [1.807, 2.05) is 19.1 Å². The first-order chi connectivity index (χ1) is 11.0. The molecule has 2 aromatic heterocycles. The number of carbonyl (C=O) groups is 1. The van der Waals surface area contributed by atoms with Crippen molar-refractivity contribution < 1.29 is 13.6 Å². The van der Waals surface area contributed by atoms with Gasteiger partial charge in [0.2, 0.25) is 0 Å². The van der Waals surface area contributed by atoms with Gasteiger partial charge >= 0.3 is 0 Å². The van der Waals surface area contributed by atoms with E-state index in [2.05, 4.69) is 15.0 Å². The minimum absolute atomic E-state index is 0.287. The second-order valence-corrected chi connectivity index (χ2v) is 7.46. The first kappa shape index (κ1) is 14.6. The molecule has 116 valence electrons. The number of carbonyl (C=O) groups excluding carboxylic acids is 1. The van der Waals surface area contributed by atoms with Crippen molar-refractivity contribution in [3.63, 3.8) is 0 Å². The van der Waals surface area contributed by atoms with E-state index in [1.54, 1.807) is 0 Å². The fourth-order valence-corrected chi connectivity index (χ4v) is 4.63. The quantitative estimate of drug-likeness (QED) is 0.826. The average Bonchev–Trinajstić information content (AvgIpc) is 3.11. The summed E-state index contributed by atoms with van der Waals surface area (Å²) in [4.78, 5) is 25.8. The standard InChI is InChI=1S/C15H9F2N3OS2/c1-6-2-3-9(22-6)7-4-8(13(16)17)20-15-10(7)11-12(23-15)14(21)19-5-18-11/h2-5,12-13H,1H3. The Bertz CT molecular complexity index is 889. The molecule has 2 aromatic rings. The number of thioether (sulfide) groups is 1. The van der Waals surface area contributed by atoms with E-state index < -0.39 is 11.7 Å². The second kappa shape index (κ2) is 5.31. The maximum Gasteiger partial charge on any atom is 0.280 e. The molecule has 0 bridgehead atoms. The molecule has 0 aliphatic carbocycles. The van der Waals surface area contributed by atoms with Crippen molar-refractivity contribution in [2.45, 2.75) is 23.6 Å². The van der Waals surface area contributed by atoms with Crippen molar-refractivity contribution in [3.05, 3.63) is 34.3 Å². The maximum atomic E-state index is 13.2. The molecular weight excluding hydrogens is 340 g/mol. The minimum atomic E-state index is -2.67. The number of rotatable bonds is 2. The summed E-state index contributed by atoms with van der Waals surface area (Å²) in [5, 5.41) is -0.165. The number of fused-ring (bicyclic) bond motifs is 3. The molecule has 4 rings (SSSR count). The van der Waals surface area contributed by atoms with E-state index >= 15 is 0 Å². The summed E-state index contributed by atoms with van der Waals surface area (Å²) in [7, 11) is 0. The van der Waals surface area contributed by atoms with E-state index in [0.29, 0.717) is 21.9 Å². The summed E-state index contributed by atoms with van der Waals surface area (Å²) in [5.74, 6) is -0.329. The van der Waals surface area contributed by atoms with Crippen LogP contribution >= 0.6 is 23.1 Å². The molecule has 8 heteroatoms. The second-order valence-electron chi connectivity index (χ2n) is 5.08. The van der Waals surface area contributed by atoms with Gasteiger partial charge in [0.25, 0.3) is 12.3 Å². The van der Waals surface area contributed by atoms with Crippen molar-refractivity contribution in [1.29, 1.82) is 0 Å². The number of alkyl halides is 2. The van der Waals surface area contributed by atoms with Gasteiger partial charge in [-0.3, -0.25) is 4.79 Å². The summed E-state index contributed by atoms with van der Waals surface area (Å²) in [6.45, 7) is 1.95. The Morgan fingerprint density at radius 3 is 2.83 bits per heavy atom. The number of hydrogen-bond acceptors (Lipinski definition) is 5. The van der Waals surface area contributed by atoms with Gasteiger partial charge in [0.1, 0.15) is 22.3 Å². The third kappa shape index (κ3) is 2.33.